The molecule has 0 aliphatic carbocycles. The number of aromatic hydroxyl groups is 1. The molecule has 0 saturated carbocycles. The highest BCUT2D eigenvalue weighted by Gasteiger charge is 2.07. The monoisotopic (exact) mass is 292 g/mol. The number of aromatic nitrogens is 1. The van der Waals surface area contributed by atoms with Crippen LogP contribution in [0.5, 0.6) is 5.75 Å². The van der Waals surface area contributed by atoms with Crippen molar-refractivity contribution in [1.29, 1.82) is 0 Å². The van der Waals surface area contributed by atoms with Crippen molar-refractivity contribution in [2.75, 3.05) is 11.0 Å². The molecule has 0 aliphatic heterocycles. The second-order valence-electron chi connectivity index (χ2n) is 4.50. The first kappa shape index (κ1) is 14.3. The Morgan fingerprint density at radius 2 is 2.00 bits per heavy atom. The number of nitrogens with zero attached hydrogens (tertiary/aromatic N) is 1. The molecule has 1 heterocycles. The van der Waals surface area contributed by atoms with Gasteiger partial charge in [-0.05, 0) is 41.8 Å². The van der Waals surface area contributed by atoms with Crippen LogP contribution in [0, 0.1) is 0 Å². The highest BCUT2D eigenvalue weighted by atomic mass is 32.2. The van der Waals surface area contributed by atoms with Crippen LogP contribution in [0.3, 0.4) is 0 Å². The van der Waals surface area contributed by atoms with E-state index < -0.39 is 10.0 Å². The molecule has 0 bridgehead atoms. The van der Waals surface area contributed by atoms with Gasteiger partial charge in [-0.15, -0.1) is 0 Å². The van der Waals surface area contributed by atoms with E-state index in [-0.39, 0.29) is 11.6 Å². The van der Waals surface area contributed by atoms with E-state index in [9.17, 15) is 13.5 Å². The predicted octanol–water partition coefficient (Wildman–Crippen LogP) is 2.39. The number of hydrogen-bond acceptors (Lipinski definition) is 4. The highest BCUT2D eigenvalue weighted by molar-refractivity contribution is 7.92. The van der Waals surface area contributed by atoms with Crippen molar-refractivity contribution in [3.05, 3.63) is 42.1 Å². The van der Waals surface area contributed by atoms with Crippen LogP contribution in [-0.4, -0.2) is 24.8 Å². The fourth-order valence-corrected chi connectivity index (χ4v) is 2.46. The van der Waals surface area contributed by atoms with Gasteiger partial charge in [0.15, 0.2) is 0 Å². The van der Waals surface area contributed by atoms with Crippen molar-refractivity contribution < 1.29 is 13.5 Å². The molecule has 2 rings (SSSR count). The van der Waals surface area contributed by atoms with Gasteiger partial charge < -0.3 is 5.11 Å². The summed E-state index contributed by atoms with van der Waals surface area (Å²) in [5, 5.41) is 9.49. The van der Waals surface area contributed by atoms with Gasteiger partial charge in [0.05, 0.1) is 6.26 Å². The zero-order valence-corrected chi connectivity index (χ0v) is 12.1. The minimum absolute atomic E-state index is 0.230. The molecule has 106 valence electrons. The van der Waals surface area contributed by atoms with E-state index in [1.54, 1.807) is 30.5 Å². The Labute approximate surface area is 118 Å². The van der Waals surface area contributed by atoms with Gasteiger partial charge in [0.2, 0.25) is 10.0 Å². The fraction of sp³-hybridized carbons (Fsp3) is 0.214. The number of aryl methyl sites for hydroxylation is 1. The van der Waals surface area contributed by atoms with Gasteiger partial charge in [-0.2, -0.15) is 0 Å². The van der Waals surface area contributed by atoms with Gasteiger partial charge in [-0.1, -0.05) is 13.0 Å². The van der Waals surface area contributed by atoms with E-state index in [4.69, 9.17) is 0 Å². The van der Waals surface area contributed by atoms with E-state index >= 15 is 0 Å². The van der Waals surface area contributed by atoms with Crippen LogP contribution in [0.25, 0.3) is 11.1 Å². The number of phenolic OH excluding ortho intramolecular Hbond substituents is 1. The number of sulfonamides is 1. The summed E-state index contributed by atoms with van der Waals surface area (Å²) in [4.78, 5) is 4.09. The Bertz CT molecular complexity index is 710. The Morgan fingerprint density at radius 3 is 2.55 bits per heavy atom. The SMILES string of the molecule is CCc1cc(O)ccc1-c1ccc(NS(C)(=O)=O)nc1. The Morgan fingerprint density at radius 1 is 1.25 bits per heavy atom. The molecule has 0 radical (unpaired) electrons. The summed E-state index contributed by atoms with van der Waals surface area (Å²) in [6.45, 7) is 2.01. The van der Waals surface area contributed by atoms with Gasteiger partial charge in [0, 0.05) is 11.8 Å². The molecule has 2 N–H and O–H groups in total. The van der Waals surface area contributed by atoms with Gasteiger partial charge in [0.25, 0.3) is 0 Å². The Kier molecular flexibility index (Phi) is 3.94. The Hall–Kier alpha value is -2.08. The zero-order valence-electron chi connectivity index (χ0n) is 11.3. The minimum Gasteiger partial charge on any atom is -0.508 e. The van der Waals surface area contributed by atoms with Crippen LogP contribution < -0.4 is 4.72 Å². The molecular formula is C14H16N2O3S. The van der Waals surface area contributed by atoms with E-state index in [0.29, 0.717) is 0 Å². The summed E-state index contributed by atoms with van der Waals surface area (Å²) in [5.74, 6) is 0.516. The van der Waals surface area contributed by atoms with E-state index in [1.165, 1.54) is 0 Å². The molecule has 20 heavy (non-hydrogen) atoms. The maximum absolute atomic E-state index is 11.1. The lowest BCUT2D eigenvalue weighted by Gasteiger charge is -2.09. The molecule has 0 amide bonds. The first-order chi connectivity index (χ1) is 9.39. The largest absolute Gasteiger partial charge is 0.508 e. The number of pyridine rings is 1. The first-order valence-corrected chi connectivity index (χ1v) is 8.04. The zero-order chi connectivity index (χ0) is 14.8. The fourth-order valence-electron chi connectivity index (χ4n) is 1.96. The summed E-state index contributed by atoms with van der Waals surface area (Å²) in [6.07, 6.45) is 3.48. The molecule has 0 unspecified atom stereocenters. The highest BCUT2D eigenvalue weighted by Crippen LogP contribution is 2.27. The van der Waals surface area contributed by atoms with Gasteiger partial charge in [-0.25, -0.2) is 13.4 Å². The van der Waals surface area contributed by atoms with Crippen molar-refractivity contribution in [2.24, 2.45) is 0 Å². The minimum atomic E-state index is -3.32. The normalized spacial score (nSPS) is 11.3. The molecular weight excluding hydrogens is 276 g/mol. The molecule has 2 aromatic rings. The van der Waals surface area contributed by atoms with Crippen molar-refractivity contribution >= 4 is 15.8 Å². The number of hydrogen-bond donors (Lipinski definition) is 2. The Balaban J connectivity index is 2.35. The smallest absolute Gasteiger partial charge is 0.230 e. The molecule has 0 saturated heterocycles. The average molecular weight is 292 g/mol. The van der Waals surface area contributed by atoms with Crippen LogP contribution in [0.1, 0.15) is 12.5 Å². The van der Waals surface area contributed by atoms with Crippen LogP contribution in [0.15, 0.2) is 36.5 Å². The van der Waals surface area contributed by atoms with Crippen molar-refractivity contribution in [1.82, 2.24) is 4.98 Å². The number of phenols is 1. The summed E-state index contributed by atoms with van der Waals surface area (Å²) in [7, 11) is -3.32. The second-order valence-corrected chi connectivity index (χ2v) is 6.25. The quantitative estimate of drug-likeness (QED) is 0.907. The van der Waals surface area contributed by atoms with Crippen LogP contribution in [0.2, 0.25) is 0 Å². The number of nitrogens with one attached hydrogen (secondary N) is 1. The molecule has 0 spiro atoms. The lowest BCUT2D eigenvalue weighted by Crippen LogP contribution is -2.10. The van der Waals surface area contributed by atoms with Crippen molar-refractivity contribution in [3.8, 4) is 16.9 Å². The third kappa shape index (κ3) is 3.48. The van der Waals surface area contributed by atoms with Gasteiger partial charge in [0.1, 0.15) is 11.6 Å². The van der Waals surface area contributed by atoms with Crippen LogP contribution in [0.4, 0.5) is 5.82 Å². The topological polar surface area (TPSA) is 79.3 Å². The average Bonchev–Trinajstić information content (AvgIpc) is 2.38. The van der Waals surface area contributed by atoms with Gasteiger partial charge in [-0.3, -0.25) is 4.72 Å². The number of benzene rings is 1. The number of anilines is 1. The summed E-state index contributed by atoms with van der Waals surface area (Å²) < 4.78 is 24.5. The van der Waals surface area contributed by atoms with Crippen molar-refractivity contribution in [3.63, 3.8) is 0 Å². The first-order valence-electron chi connectivity index (χ1n) is 6.15. The summed E-state index contributed by atoms with van der Waals surface area (Å²) in [6, 6.07) is 8.58. The third-order valence-corrected chi connectivity index (χ3v) is 3.41. The van der Waals surface area contributed by atoms with Crippen LogP contribution >= 0.6 is 0 Å². The van der Waals surface area contributed by atoms with Crippen molar-refractivity contribution in [2.45, 2.75) is 13.3 Å². The molecule has 5 nitrogen and oxygen atoms in total. The van der Waals surface area contributed by atoms with E-state index in [2.05, 4.69) is 9.71 Å². The molecule has 6 heteroatoms. The third-order valence-electron chi connectivity index (χ3n) is 2.83. The predicted molar refractivity (Wildman–Crippen MR) is 79.2 cm³/mol. The standard InChI is InChI=1S/C14H16N2O3S/c1-3-10-8-12(17)5-6-13(10)11-4-7-14(15-9-11)16-20(2,18)19/h4-9,17H,3H2,1-2H3,(H,15,16). The lowest BCUT2D eigenvalue weighted by atomic mass is 9.99. The molecule has 0 aliphatic rings. The second kappa shape index (κ2) is 5.50. The summed E-state index contributed by atoms with van der Waals surface area (Å²) >= 11 is 0. The number of rotatable bonds is 4. The van der Waals surface area contributed by atoms with Crippen LogP contribution in [-0.2, 0) is 16.4 Å². The lowest BCUT2D eigenvalue weighted by molar-refractivity contribution is 0.474. The summed E-state index contributed by atoms with van der Waals surface area (Å²) in [5.41, 5.74) is 2.86. The van der Waals surface area contributed by atoms with Gasteiger partial charge >= 0.3 is 0 Å². The maximum atomic E-state index is 11.1. The van der Waals surface area contributed by atoms with E-state index in [0.717, 1.165) is 29.4 Å². The molecule has 1 aromatic heterocycles. The molecule has 0 fully saturated rings. The molecule has 1 aromatic carbocycles. The maximum Gasteiger partial charge on any atom is 0.230 e. The molecule has 0 atom stereocenters. The van der Waals surface area contributed by atoms with E-state index in [1.807, 2.05) is 13.0 Å².